The maximum absolute atomic E-state index is 15.1. The third-order valence-corrected chi connectivity index (χ3v) is 7.75. The number of carbonyl (C=O) groups is 2. The third-order valence-electron chi connectivity index (χ3n) is 7.75. The van der Waals surface area contributed by atoms with Crippen molar-refractivity contribution in [3.8, 4) is 11.1 Å². The van der Waals surface area contributed by atoms with Crippen LogP contribution in [0.5, 0.6) is 0 Å². The maximum Gasteiger partial charge on any atom is 0.305 e. The number of carboxylic acid groups (broad SMARTS) is 1. The summed E-state index contributed by atoms with van der Waals surface area (Å²) in [7, 11) is 0. The van der Waals surface area contributed by atoms with Gasteiger partial charge in [0.25, 0.3) is 0 Å². The van der Waals surface area contributed by atoms with Crippen LogP contribution in [0.4, 0.5) is 4.39 Å². The number of hydrogen-bond acceptors (Lipinski definition) is 4. The topological polar surface area (TPSA) is 81.7 Å². The zero-order valence-corrected chi connectivity index (χ0v) is 21.0. The van der Waals surface area contributed by atoms with Gasteiger partial charge >= 0.3 is 5.97 Å². The van der Waals surface area contributed by atoms with Crippen molar-refractivity contribution < 1.29 is 19.1 Å². The molecule has 37 heavy (non-hydrogen) atoms. The molecule has 2 saturated heterocycles. The molecule has 0 bridgehead atoms. The Hall–Kier alpha value is -3.45. The van der Waals surface area contributed by atoms with Gasteiger partial charge in [0.15, 0.2) is 0 Å². The lowest BCUT2D eigenvalue weighted by Gasteiger charge is -2.32. The number of fused-ring (bicyclic) bond motifs is 1. The van der Waals surface area contributed by atoms with Crippen LogP contribution in [0.25, 0.3) is 11.1 Å². The Morgan fingerprint density at radius 3 is 2.78 bits per heavy atom. The van der Waals surface area contributed by atoms with Crippen molar-refractivity contribution in [1.82, 2.24) is 15.5 Å². The molecule has 2 unspecified atom stereocenters. The average Bonchev–Trinajstić information content (AvgIpc) is 3.27. The SMILES string of the molecule is O=C(O)C[C@@H](c1ccc(-c2ccccc2)c(F)c1)N1CCC(CCCC2=CC=C3CCCNC3N2)C1=O. The van der Waals surface area contributed by atoms with Crippen LogP contribution in [0.15, 0.2) is 72.0 Å². The van der Waals surface area contributed by atoms with Gasteiger partial charge < -0.3 is 15.3 Å². The number of nitrogens with one attached hydrogen (secondary N) is 2. The Morgan fingerprint density at radius 2 is 2.00 bits per heavy atom. The fraction of sp³-hybridized carbons (Fsp3) is 0.400. The van der Waals surface area contributed by atoms with Gasteiger partial charge in [-0.3, -0.25) is 14.9 Å². The number of hydrogen-bond donors (Lipinski definition) is 3. The quantitative estimate of drug-likeness (QED) is 0.441. The number of nitrogens with zero attached hydrogens (tertiary/aromatic N) is 1. The molecule has 3 aliphatic rings. The monoisotopic (exact) mass is 503 g/mol. The van der Waals surface area contributed by atoms with E-state index in [1.807, 2.05) is 30.3 Å². The first-order valence-electron chi connectivity index (χ1n) is 13.3. The molecule has 2 fully saturated rings. The highest BCUT2D eigenvalue weighted by Crippen LogP contribution is 2.35. The summed E-state index contributed by atoms with van der Waals surface area (Å²) in [5, 5.41) is 16.6. The van der Waals surface area contributed by atoms with Gasteiger partial charge in [-0.25, -0.2) is 4.39 Å². The van der Waals surface area contributed by atoms with Gasteiger partial charge in [-0.15, -0.1) is 0 Å². The Kier molecular flexibility index (Phi) is 7.70. The molecule has 3 heterocycles. The van der Waals surface area contributed by atoms with Crippen LogP contribution in [-0.4, -0.2) is 41.1 Å². The van der Waals surface area contributed by atoms with E-state index in [2.05, 4.69) is 22.8 Å². The molecule has 3 atom stereocenters. The molecular weight excluding hydrogens is 469 g/mol. The van der Waals surface area contributed by atoms with E-state index in [1.54, 1.807) is 17.0 Å². The molecule has 6 nitrogen and oxygen atoms in total. The number of rotatable bonds is 9. The Bertz CT molecular complexity index is 1210. The second-order valence-corrected chi connectivity index (χ2v) is 10.2. The first kappa shape index (κ1) is 25.2. The number of benzene rings is 2. The average molecular weight is 504 g/mol. The predicted octanol–water partition coefficient (Wildman–Crippen LogP) is 5.15. The summed E-state index contributed by atoms with van der Waals surface area (Å²) >= 11 is 0. The highest BCUT2D eigenvalue weighted by molar-refractivity contribution is 5.82. The van der Waals surface area contributed by atoms with E-state index < -0.39 is 17.8 Å². The van der Waals surface area contributed by atoms with Crippen molar-refractivity contribution in [2.45, 2.75) is 57.2 Å². The maximum atomic E-state index is 15.1. The smallest absolute Gasteiger partial charge is 0.305 e. The molecule has 2 aromatic carbocycles. The molecule has 7 heteroatoms. The second kappa shape index (κ2) is 11.3. The van der Waals surface area contributed by atoms with Crippen LogP contribution in [0.3, 0.4) is 0 Å². The highest BCUT2D eigenvalue weighted by Gasteiger charge is 2.37. The number of likely N-dealkylation sites (tertiary alicyclic amines) is 1. The van der Waals surface area contributed by atoms with Crippen molar-refractivity contribution in [3.63, 3.8) is 0 Å². The Balaban J connectivity index is 1.23. The second-order valence-electron chi connectivity index (χ2n) is 10.2. The molecule has 3 N–H and O–H groups in total. The lowest BCUT2D eigenvalue weighted by Crippen LogP contribution is -2.47. The standard InChI is InChI=1S/C30H34FN3O3/c31-26-18-23(12-14-25(26)20-6-2-1-3-7-20)27(19-28(35)36)34-17-15-22(30(34)37)8-4-10-24-13-11-21-9-5-16-32-29(21)33-24/h1-3,6-7,11-14,18,22,27,29,32-33H,4-5,8-10,15-17,19H2,(H,35,36)/t22?,27-,29?/m0/s1. The van der Waals surface area contributed by atoms with E-state index in [4.69, 9.17) is 0 Å². The van der Waals surface area contributed by atoms with Crippen molar-refractivity contribution in [2.24, 2.45) is 5.92 Å². The van der Waals surface area contributed by atoms with Gasteiger partial charge in [0.1, 0.15) is 5.82 Å². The first-order valence-corrected chi connectivity index (χ1v) is 13.3. The van der Waals surface area contributed by atoms with E-state index in [1.165, 1.54) is 23.8 Å². The van der Waals surface area contributed by atoms with Crippen LogP contribution in [0, 0.1) is 11.7 Å². The van der Waals surface area contributed by atoms with E-state index >= 15 is 4.39 Å². The largest absolute Gasteiger partial charge is 0.481 e. The number of carboxylic acids is 1. The van der Waals surface area contributed by atoms with E-state index in [-0.39, 0.29) is 24.4 Å². The van der Waals surface area contributed by atoms with Crippen LogP contribution in [0.2, 0.25) is 0 Å². The highest BCUT2D eigenvalue weighted by atomic mass is 19.1. The van der Waals surface area contributed by atoms with Gasteiger partial charge in [0, 0.05) is 23.7 Å². The molecule has 2 aromatic rings. The molecule has 1 amide bonds. The molecule has 0 aromatic heterocycles. The predicted molar refractivity (Wildman–Crippen MR) is 141 cm³/mol. The zero-order valence-electron chi connectivity index (χ0n) is 21.0. The molecule has 194 valence electrons. The summed E-state index contributed by atoms with van der Waals surface area (Å²) in [5.74, 6) is -1.58. The van der Waals surface area contributed by atoms with Crippen LogP contribution >= 0.6 is 0 Å². The number of allylic oxidation sites excluding steroid dienone is 3. The van der Waals surface area contributed by atoms with Crippen molar-refractivity contribution in [3.05, 3.63) is 83.3 Å². The number of halogens is 1. The summed E-state index contributed by atoms with van der Waals surface area (Å²) in [5.41, 5.74) is 4.32. The number of amides is 1. The van der Waals surface area contributed by atoms with Crippen molar-refractivity contribution in [2.75, 3.05) is 13.1 Å². The summed E-state index contributed by atoms with van der Waals surface area (Å²) in [6, 6.07) is 13.4. The molecule has 0 radical (unpaired) electrons. The first-order chi connectivity index (χ1) is 18.0. The number of aliphatic carboxylic acids is 1. The van der Waals surface area contributed by atoms with E-state index in [0.29, 0.717) is 24.1 Å². The minimum absolute atomic E-state index is 0.0273. The van der Waals surface area contributed by atoms with Gasteiger partial charge in [-0.2, -0.15) is 0 Å². The molecular formula is C30H34FN3O3. The van der Waals surface area contributed by atoms with Crippen LogP contribution in [-0.2, 0) is 9.59 Å². The molecule has 0 saturated carbocycles. The normalized spacial score (nSPS) is 22.1. The molecule has 5 rings (SSSR count). The summed E-state index contributed by atoms with van der Waals surface area (Å²) < 4.78 is 15.1. The van der Waals surface area contributed by atoms with Gasteiger partial charge in [-0.05, 0) is 73.9 Å². The minimum Gasteiger partial charge on any atom is -0.481 e. The summed E-state index contributed by atoms with van der Waals surface area (Å²) in [4.78, 5) is 26.7. The molecule has 3 aliphatic heterocycles. The van der Waals surface area contributed by atoms with E-state index in [9.17, 15) is 14.7 Å². The number of dihydropyridines is 1. The van der Waals surface area contributed by atoms with Crippen molar-refractivity contribution in [1.29, 1.82) is 0 Å². The summed E-state index contributed by atoms with van der Waals surface area (Å²) in [6.07, 6.45) is 9.83. The van der Waals surface area contributed by atoms with Gasteiger partial charge in [0.05, 0.1) is 18.6 Å². The summed E-state index contributed by atoms with van der Waals surface area (Å²) in [6.45, 7) is 1.51. The fourth-order valence-electron chi connectivity index (χ4n) is 5.78. The fourth-order valence-corrected chi connectivity index (χ4v) is 5.78. The van der Waals surface area contributed by atoms with Gasteiger partial charge in [-0.1, -0.05) is 48.5 Å². The van der Waals surface area contributed by atoms with Crippen LogP contribution in [0.1, 0.15) is 56.6 Å². The van der Waals surface area contributed by atoms with Crippen molar-refractivity contribution >= 4 is 11.9 Å². The van der Waals surface area contributed by atoms with Gasteiger partial charge in [0.2, 0.25) is 5.91 Å². The molecule has 0 aliphatic carbocycles. The Labute approximate surface area is 217 Å². The molecule has 0 spiro atoms. The zero-order chi connectivity index (χ0) is 25.8. The lowest BCUT2D eigenvalue weighted by molar-refractivity contribution is -0.140. The minimum atomic E-state index is -1.01. The number of carbonyl (C=O) groups excluding carboxylic acids is 1. The van der Waals surface area contributed by atoms with Crippen LogP contribution < -0.4 is 10.6 Å². The van der Waals surface area contributed by atoms with E-state index in [0.717, 1.165) is 37.8 Å². The lowest BCUT2D eigenvalue weighted by atomic mass is 9.96. The number of piperidine rings is 1. The third kappa shape index (κ3) is 5.77. The Morgan fingerprint density at radius 1 is 1.16 bits per heavy atom.